The summed E-state index contributed by atoms with van der Waals surface area (Å²) in [5, 5.41) is 7.12. The summed E-state index contributed by atoms with van der Waals surface area (Å²) in [7, 11) is 0. The summed E-state index contributed by atoms with van der Waals surface area (Å²) < 4.78 is 24.0. The van der Waals surface area contributed by atoms with E-state index in [1.807, 2.05) is 0 Å². The maximum absolute atomic E-state index is 13.2. The fourth-order valence-electron chi connectivity index (χ4n) is 4.75. The molecule has 2 fully saturated rings. The van der Waals surface area contributed by atoms with Gasteiger partial charge < -0.3 is 14.6 Å². The van der Waals surface area contributed by atoms with E-state index >= 15 is 0 Å². The number of likely N-dealkylation sites (tertiary alicyclic amines) is 1. The number of hydrogen-bond donors (Lipinski definition) is 1. The van der Waals surface area contributed by atoms with E-state index in [9.17, 15) is 9.18 Å². The molecular weight excluding hydrogens is 461 g/mol. The first-order valence-corrected chi connectivity index (χ1v) is 12.6. The molecule has 0 spiro atoms. The monoisotopic (exact) mass is 493 g/mol. The molecule has 2 aliphatic heterocycles. The second kappa shape index (κ2) is 11.7. The van der Waals surface area contributed by atoms with E-state index in [-0.39, 0.29) is 17.6 Å². The molecule has 1 N–H and O–H groups in total. The molecule has 1 unspecified atom stereocenters. The number of nitrogens with zero attached hydrogens (tertiary/aromatic N) is 4. The zero-order valence-electron chi connectivity index (χ0n) is 20.4. The van der Waals surface area contributed by atoms with E-state index in [2.05, 4.69) is 49.5 Å². The summed E-state index contributed by atoms with van der Waals surface area (Å²) in [6.45, 7) is 7.01. The van der Waals surface area contributed by atoms with E-state index in [0.29, 0.717) is 36.9 Å². The molecule has 1 aromatic heterocycles. The first-order valence-electron chi connectivity index (χ1n) is 12.6. The Morgan fingerprint density at radius 1 is 0.972 bits per heavy atom. The third kappa shape index (κ3) is 6.54. The minimum Gasteiger partial charge on any atom is -0.379 e. The van der Waals surface area contributed by atoms with Crippen LogP contribution in [0.5, 0.6) is 0 Å². The lowest BCUT2D eigenvalue weighted by molar-refractivity contribution is -0.127. The maximum atomic E-state index is 13.2. The Bertz CT molecular complexity index is 1130. The summed E-state index contributed by atoms with van der Waals surface area (Å²) in [5.74, 6) is 0.633. The van der Waals surface area contributed by atoms with Gasteiger partial charge in [-0.1, -0.05) is 29.4 Å². The maximum Gasteiger partial charge on any atom is 0.241 e. The molecule has 190 valence electrons. The molecule has 8 nitrogen and oxygen atoms in total. The van der Waals surface area contributed by atoms with Gasteiger partial charge in [0.15, 0.2) is 0 Å². The van der Waals surface area contributed by atoms with Crippen LogP contribution in [0.25, 0.3) is 11.4 Å². The van der Waals surface area contributed by atoms with Crippen molar-refractivity contribution >= 4 is 5.91 Å². The summed E-state index contributed by atoms with van der Waals surface area (Å²) in [5.41, 5.74) is 3.08. The minimum absolute atomic E-state index is 0.0705. The van der Waals surface area contributed by atoms with Crippen molar-refractivity contribution in [3.8, 4) is 11.4 Å². The van der Waals surface area contributed by atoms with Crippen molar-refractivity contribution in [2.24, 2.45) is 5.92 Å². The van der Waals surface area contributed by atoms with E-state index in [1.165, 1.54) is 17.7 Å². The third-order valence-corrected chi connectivity index (χ3v) is 6.81. The Morgan fingerprint density at radius 2 is 1.72 bits per heavy atom. The van der Waals surface area contributed by atoms with Crippen molar-refractivity contribution in [3.05, 3.63) is 71.4 Å². The summed E-state index contributed by atoms with van der Waals surface area (Å²) in [6.07, 6.45) is 1.80. The first-order chi connectivity index (χ1) is 17.6. The number of halogens is 1. The van der Waals surface area contributed by atoms with Crippen LogP contribution in [-0.4, -0.2) is 65.2 Å². The molecule has 0 bridgehead atoms. The number of morpholine rings is 1. The number of rotatable bonds is 8. The smallest absolute Gasteiger partial charge is 0.241 e. The van der Waals surface area contributed by atoms with Crippen molar-refractivity contribution in [1.29, 1.82) is 0 Å². The molecule has 3 heterocycles. The Kier molecular flexibility index (Phi) is 8.00. The van der Waals surface area contributed by atoms with Crippen LogP contribution >= 0.6 is 0 Å². The zero-order valence-corrected chi connectivity index (χ0v) is 20.4. The molecule has 1 amide bonds. The van der Waals surface area contributed by atoms with Gasteiger partial charge in [0.1, 0.15) is 5.82 Å². The van der Waals surface area contributed by atoms with E-state index in [0.717, 1.165) is 57.8 Å². The summed E-state index contributed by atoms with van der Waals surface area (Å²) >= 11 is 0. The van der Waals surface area contributed by atoms with Gasteiger partial charge in [0.25, 0.3) is 0 Å². The lowest BCUT2D eigenvalue weighted by Crippen LogP contribution is -2.42. The molecule has 2 saturated heterocycles. The predicted octanol–water partition coefficient (Wildman–Crippen LogP) is 3.24. The quantitative estimate of drug-likeness (QED) is 0.516. The van der Waals surface area contributed by atoms with Crippen molar-refractivity contribution in [1.82, 2.24) is 25.3 Å². The van der Waals surface area contributed by atoms with Gasteiger partial charge in [-0.25, -0.2) is 4.39 Å². The van der Waals surface area contributed by atoms with Crippen molar-refractivity contribution in [3.63, 3.8) is 0 Å². The first kappa shape index (κ1) is 24.5. The standard InChI is InChI=1S/C27H32FN5O3/c28-24-9-7-22(8-10-24)26-30-25(36-31-26)19-33-11-1-2-23(18-33)27(34)29-16-20-3-5-21(6-4-20)17-32-12-14-35-15-13-32/h3-10,23H,1-2,11-19H2,(H,29,34). The fourth-order valence-corrected chi connectivity index (χ4v) is 4.75. The zero-order chi connectivity index (χ0) is 24.7. The number of amides is 1. The number of hydrogen-bond acceptors (Lipinski definition) is 7. The highest BCUT2D eigenvalue weighted by Gasteiger charge is 2.27. The lowest BCUT2D eigenvalue weighted by atomic mass is 9.97. The lowest BCUT2D eigenvalue weighted by Gasteiger charge is -2.30. The number of aromatic nitrogens is 2. The molecule has 2 aromatic carbocycles. The topological polar surface area (TPSA) is 83.7 Å². The van der Waals surface area contributed by atoms with Crippen molar-refractivity contribution < 1.29 is 18.4 Å². The van der Waals surface area contributed by atoms with Crippen LogP contribution in [0.2, 0.25) is 0 Å². The molecule has 1 atom stereocenters. The average molecular weight is 494 g/mol. The Balaban J connectivity index is 1.09. The molecule has 0 aliphatic carbocycles. The van der Waals surface area contributed by atoms with Crippen molar-refractivity contribution in [2.45, 2.75) is 32.5 Å². The summed E-state index contributed by atoms with van der Waals surface area (Å²) in [6, 6.07) is 14.5. The highest BCUT2D eigenvalue weighted by Crippen LogP contribution is 2.21. The van der Waals surface area contributed by atoms with Crippen LogP contribution in [0.15, 0.2) is 53.1 Å². The second-order valence-electron chi connectivity index (χ2n) is 9.52. The van der Waals surface area contributed by atoms with Crippen LogP contribution in [0.3, 0.4) is 0 Å². The highest BCUT2D eigenvalue weighted by atomic mass is 19.1. The van der Waals surface area contributed by atoms with Crippen molar-refractivity contribution in [2.75, 3.05) is 39.4 Å². The van der Waals surface area contributed by atoms with Crippen LogP contribution in [0.1, 0.15) is 29.9 Å². The van der Waals surface area contributed by atoms with Gasteiger partial charge in [-0.2, -0.15) is 4.98 Å². The van der Waals surface area contributed by atoms with Gasteiger partial charge >= 0.3 is 0 Å². The largest absolute Gasteiger partial charge is 0.379 e. The molecule has 0 saturated carbocycles. The molecule has 5 rings (SSSR count). The molecular formula is C27H32FN5O3. The normalized spacial score (nSPS) is 19.3. The molecule has 0 radical (unpaired) electrons. The number of benzene rings is 2. The number of carbonyl (C=O) groups excluding carboxylic acids is 1. The van der Waals surface area contributed by atoms with E-state index in [4.69, 9.17) is 9.26 Å². The molecule has 3 aromatic rings. The van der Waals surface area contributed by atoms with Crippen LogP contribution in [0.4, 0.5) is 4.39 Å². The fraction of sp³-hybridized carbons (Fsp3) is 0.444. The van der Waals surface area contributed by atoms with E-state index in [1.54, 1.807) is 12.1 Å². The van der Waals surface area contributed by atoms with Gasteiger partial charge in [-0.15, -0.1) is 0 Å². The molecule has 9 heteroatoms. The number of piperidine rings is 1. The van der Waals surface area contributed by atoms with Crippen LogP contribution in [-0.2, 0) is 29.2 Å². The SMILES string of the molecule is O=C(NCc1ccc(CN2CCOCC2)cc1)C1CCCN(Cc2nc(-c3ccc(F)cc3)no2)C1. The van der Waals surface area contributed by atoms with Gasteiger partial charge in [-0.05, 0) is 54.8 Å². The Morgan fingerprint density at radius 3 is 2.50 bits per heavy atom. The minimum atomic E-state index is -0.305. The van der Waals surface area contributed by atoms with E-state index < -0.39 is 0 Å². The third-order valence-electron chi connectivity index (χ3n) is 6.81. The highest BCUT2D eigenvalue weighted by molar-refractivity contribution is 5.79. The van der Waals surface area contributed by atoms with Gasteiger partial charge in [0.05, 0.1) is 25.7 Å². The van der Waals surface area contributed by atoms with Gasteiger partial charge in [0, 0.05) is 38.3 Å². The number of ether oxygens (including phenoxy) is 1. The average Bonchev–Trinajstić information content (AvgIpc) is 3.37. The van der Waals surface area contributed by atoms with Crippen LogP contribution < -0.4 is 5.32 Å². The van der Waals surface area contributed by atoms with Crippen LogP contribution in [0, 0.1) is 11.7 Å². The summed E-state index contributed by atoms with van der Waals surface area (Å²) in [4.78, 5) is 21.9. The Hall–Kier alpha value is -3.14. The molecule has 36 heavy (non-hydrogen) atoms. The molecule has 2 aliphatic rings. The van der Waals surface area contributed by atoms with Gasteiger partial charge in [-0.3, -0.25) is 14.6 Å². The predicted molar refractivity (Wildman–Crippen MR) is 132 cm³/mol. The van der Waals surface area contributed by atoms with Gasteiger partial charge in [0.2, 0.25) is 17.6 Å². The second-order valence-corrected chi connectivity index (χ2v) is 9.52. The number of nitrogens with one attached hydrogen (secondary N) is 1. The Labute approximate surface area is 210 Å². The number of carbonyl (C=O) groups is 1.